The van der Waals surface area contributed by atoms with Gasteiger partial charge in [-0.2, -0.15) is 0 Å². The van der Waals surface area contributed by atoms with Crippen LogP contribution in [0.1, 0.15) is 26.7 Å². The molecule has 1 aliphatic heterocycles. The van der Waals surface area contributed by atoms with Crippen molar-refractivity contribution in [3.8, 4) is 0 Å². The number of hydrogen-bond acceptors (Lipinski definition) is 3. The summed E-state index contributed by atoms with van der Waals surface area (Å²) in [5.41, 5.74) is 5.91. The summed E-state index contributed by atoms with van der Waals surface area (Å²) in [5.74, 6) is 0.894. The summed E-state index contributed by atoms with van der Waals surface area (Å²) >= 11 is 0. The van der Waals surface area contributed by atoms with Gasteiger partial charge in [-0.1, -0.05) is 0 Å². The van der Waals surface area contributed by atoms with Crippen LogP contribution >= 0.6 is 0 Å². The first-order valence-electron chi connectivity index (χ1n) is 6.05. The van der Waals surface area contributed by atoms with Crippen LogP contribution in [0.15, 0.2) is 0 Å². The van der Waals surface area contributed by atoms with Crippen LogP contribution in [0.2, 0.25) is 0 Å². The second-order valence-electron chi connectivity index (χ2n) is 5.64. The lowest BCUT2D eigenvalue weighted by Crippen LogP contribution is -2.47. The van der Waals surface area contributed by atoms with E-state index < -0.39 is 0 Å². The van der Waals surface area contributed by atoms with Crippen LogP contribution in [0.4, 0.5) is 0 Å². The van der Waals surface area contributed by atoms with Gasteiger partial charge in [-0.05, 0) is 59.8 Å². The molecule has 0 bridgehead atoms. The standard InChI is InChI=1S/C12H27N3/c1-12(2,10-13)15(4)8-6-11-5-7-14(3)9-11/h11H,5-10,13H2,1-4H3. The molecule has 0 aromatic carbocycles. The fourth-order valence-electron chi connectivity index (χ4n) is 2.10. The highest BCUT2D eigenvalue weighted by atomic mass is 15.2. The molecular formula is C12H27N3. The molecule has 1 rings (SSSR count). The SMILES string of the molecule is CN1CCC(CCN(C)C(C)(C)CN)C1. The van der Waals surface area contributed by atoms with Gasteiger partial charge in [0.2, 0.25) is 0 Å². The molecule has 3 heteroatoms. The van der Waals surface area contributed by atoms with Crippen molar-refractivity contribution in [3.63, 3.8) is 0 Å². The third-order valence-electron chi connectivity index (χ3n) is 3.89. The minimum absolute atomic E-state index is 0.143. The van der Waals surface area contributed by atoms with Gasteiger partial charge in [-0.15, -0.1) is 0 Å². The third kappa shape index (κ3) is 3.74. The maximum atomic E-state index is 5.76. The van der Waals surface area contributed by atoms with Gasteiger partial charge in [0.25, 0.3) is 0 Å². The average Bonchev–Trinajstić information content (AvgIpc) is 2.60. The summed E-state index contributed by atoms with van der Waals surface area (Å²) in [7, 11) is 4.40. The number of hydrogen-bond donors (Lipinski definition) is 1. The fourth-order valence-corrected chi connectivity index (χ4v) is 2.10. The Balaban J connectivity index is 2.25. The van der Waals surface area contributed by atoms with E-state index in [2.05, 4.69) is 37.7 Å². The highest BCUT2D eigenvalue weighted by molar-refractivity contribution is 4.81. The van der Waals surface area contributed by atoms with Crippen LogP contribution in [0, 0.1) is 5.92 Å². The summed E-state index contributed by atoms with van der Waals surface area (Å²) in [5, 5.41) is 0. The molecule has 0 saturated carbocycles. The molecule has 0 amide bonds. The Morgan fingerprint density at radius 1 is 1.47 bits per heavy atom. The third-order valence-corrected chi connectivity index (χ3v) is 3.89. The smallest absolute Gasteiger partial charge is 0.0272 e. The largest absolute Gasteiger partial charge is 0.329 e. The Hall–Kier alpha value is -0.120. The van der Waals surface area contributed by atoms with Crippen LogP contribution in [0.25, 0.3) is 0 Å². The van der Waals surface area contributed by atoms with E-state index in [1.165, 1.54) is 32.5 Å². The number of likely N-dealkylation sites (N-methyl/N-ethyl adjacent to an activating group) is 1. The second kappa shape index (κ2) is 5.28. The quantitative estimate of drug-likeness (QED) is 0.739. The minimum atomic E-state index is 0.143. The minimum Gasteiger partial charge on any atom is -0.329 e. The molecule has 1 unspecified atom stereocenters. The summed E-state index contributed by atoms with van der Waals surface area (Å²) in [4.78, 5) is 4.82. The van der Waals surface area contributed by atoms with Gasteiger partial charge in [-0.25, -0.2) is 0 Å². The summed E-state index contributed by atoms with van der Waals surface area (Å²) in [6.45, 7) is 8.88. The van der Waals surface area contributed by atoms with Crippen molar-refractivity contribution in [1.29, 1.82) is 0 Å². The zero-order valence-corrected chi connectivity index (χ0v) is 10.8. The van der Waals surface area contributed by atoms with E-state index >= 15 is 0 Å². The normalized spacial score (nSPS) is 24.0. The number of rotatable bonds is 5. The molecule has 0 aromatic rings. The van der Waals surface area contributed by atoms with Crippen molar-refractivity contribution in [2.24, 2.45) is 11.7 Å². The Morgan fingerprint density at radius 3 is 2.60 bits per heavy atom. The molecule has 1 aliphatic rings. The molecule has 0 aromatic heterocycles. The highest BCUT2D eigenvalue weighted by Gasteiger charge is 2.24. The first kappa shape index (κ1) is 12.9. The zero-order valence-electron chi connectivity index (χ0n) is 10.8. The van der Waals surface area contributed by atoms with E-state index in [9.17, 15) is 0 Å². The van der Waals surface area contributed by atoms with Gasteiger partial charge in [0.1, 0.15) is 0 Å². The van der Waals surface area contributed by atoms with E-state index in [0.29, 0.717) is 0 Å². The van der Waals surface area contributed by atoms with E-state index in [-0.39, 0.29) is 5.54 Å². The topological polar surface area (TPSA) is 32.5 Å². The molecule has 15 heavy (non-hydrogen) atoms. The molecule has 3 nitrogen and oxygen atoms in total. The molecule has 90 valence electrons. The van der Waals surface area contributed by atoms with Crippen LogP contribution in [-0.4, -0.2) is 55.6 Å². The van der Waals surface area contributed by atoms with Crippen molar-refractivity contribution in [2.45, 2.75) is 32.2 Å². The zero-order chi connectivity index (χ0) is 11.5. The summed E-state index contributed by atoms with van der Waals surface area (Å²) < 4.78 is 0. The Morgan fingerprint density at radius 2 is 2.13 bits per heavy atom. The van der Waals surface area contributed by atoms with Crippen molar-refractivity contribution in [1.82, 2.24) is 9.80 Å². The van der Waals surface area contributed by atoms with Crippen molar-refractivity contribution in [2.75, 3.05) is 40.3 Å². The van der Waals surface area contributed by atoms with Crippen LogP contribution in [0.3, 0.4) is 0 Å². The Kier molecular flexibility index (Phi) is 4.56. The van der Waals surface area contributed by atoms with Crippen molar-refractivity contribution >= 4 is 0 Å². The van der Waals surface area contributed by atoms with Gasteiger partial charge in [0.15, 0.2) is 0 Å². The van der Waals surface area contributed by atoms with Crippen LogP contribution < -0.4 is 5.73 Å². The molecular weight excluding hydrogens is 186 g/mol. The van der Waals surface area contributed by atoms with Gasteiger partial charge in [-0.3, -0.25) is 4.90 Å². The lowest BCUT2D eigenvalue weighted by atomic mass is 10.0. The molecule has 2 N–H and O–H groups in total. The first-order valence-corrected chi connectivity index (χ1v) is 6.05. The van der Waals surface area contributed by atoms with E-state index in [1.807, 2.05) is 0 Å². The van der Waals surface area contributed by atoms with Crippen LogP contribution in [0.5, 0.6) is 0 Å². The van der Waals surface area contributed by atoms with E-state index in [1.54, 1.807) is 0 Å². The molecule has 0 aliphatic carbocycles. The molecule has 1 fully saturated rings. The van der Waals surface area contributed by atoms with Gasteiger partial charge < -0.3 is 10.6 Å². The van der Waals surface area contributed by atoms with E-state index in [4.69, 9.17) is 5.73 Å². The maximum Gasteiger partial charge on any atom is 0.0272 e. The van der Waals surface area contributed by atoms with Crippen molar-refractivity contribution in [3.05, 3.63) is 0 Å². The predicted molar refractivity (Wildman–Crippen MR) is 66.0 cm³/mol. The Bertz CT molecular complexity index is 191. The molecule has 0 radical (unpaired) electrons. The van der Waals surface area contributed by atoms with Gasteiger partial charge >= 0.3 is 0 Å². The van der Waals surface area contributed by atoms with Gasteiger partial charge in [0.05, 0.1) is 0 Å². The Labute approximate surface area is 94.6 Å². The maximum absolute atomic E-state index is 5.76. The summed E-state index contributed by atoms with van der Waals surface area (Å²) in [6.07, 6.45) is 2.68. The average molecular weight is 213 g/mol. The monoisotopic (exact) mass is 213 g/mol. The molecule has 1 atom stereocenters. The fraction of sp³-hybridized carbons (Fsp3) is 1.00. The molecule has 1 saturated heterocycles. The second-order valence-corrected chi connectivity index (χ2v) is 5.64. The lowest BCUT2D eigenvalue weighted by Gasteiger charge is -2.35. The van der Waals surface area contributed by atoms with Crippen LogP contribution in [-0.2, 0) is 0 Å². The van der Waals surface area contributed by atoms with E-state index in [0.717, 1.165) is 12.5 Å². The highest BCUT2D eigenvalue weighted by Crippen LogP contribution is 2.20. The summed E-state index contributed by atoms with van der Waals surface area (Å²) in [6, 6.07) is 0. The van der Waals surface area contributed by atoms with Gasteiger partial charge in [0, 0.05) is 18.6 Å². The molecule has 0 spiro atoms. The lowest BCUT2D eigenvalue weighted by molar-refractivity contribution is 0.153. The number of nitrogens with two attached hydrogens (primary N) is 1. The number of likely N-dealkylation sites (tertiary alicyclic amines) is 1. The van der Waals surface area contributed by atoms with Crippen molar-refractivity contribution < 1.29 is 0 Å². The molecule has 1 heterocycles. The number of nitrogens with zero attached hydrogens (tertiary/aromatic N) is 2. The predicted octanol–water partition coefficient (Wildman–Crippen LogP) is 0.997. The first-order chi connectivity index (χ1) is 6.95.